The van der Waals surface area contributed by atoms with E-state index in [0.29, 0.717) is 31.8 Å². The van der Waals surface area contributed by atoms with E-state index in [-0.39, 0.29) is 18.4 Å². The van der Waals surface area contributed by atoms with Crippen molar-refractivity contribution in [3.05, 3.63) is 44.8 Å². The van der Waals surface area contributed by atoms with Gasteiger partial charge in [-0.25, -0.2) is 4.79 Å². The van der Waals surface area contributed by atoms with Gasteiger partial charge in [0.2, 0.25) is 5.91 Å². The highest BCUT2D eigenvalue weighted by molar-refractivity contribution is 7.10. The number of thiophene rings is 2. The van der Waals surface area contributed by atoms with Crippen molar-refractivity contribution in [1.82, 2.24) is 15.1 Å². The second-order valence-electron chi connectivity index (χ2n) is 8.16. The molecule has 4 rings (SSSR count). The molecule has 0 atom stereocenters. The van der Waals surface area contributed by atoms with E-state index >= 15 is 0 Å². The number of amides is 4. The summed E-state index contributed by atoms with van der Waals surface area (Å²) < 4.78 is 0. The van der Waals surface area contributed by atoms with Crippen molar-refractivity contribution in [2.45, 2.75) is 57.7 Å². The quantitative estimate of drug-likeness (QED) is 0.649. The molecule has 0 unspecified atom stereocenters. The van der Waals surface area contributed by atoms with E-state index in [1.165, 1.54) is 0 Å². The Balaban J connectivity index is 1.46. The first-order valence-corrected chi connectivity index (χ1v) is 12.2. The monoisotopic (exact) mass is 445 g/mol. The first-order valence-electron chi connectivity index (χ1n) is 10.5. The van der Waals surface area contributed by atoms with E-state index in [1.807, 2.05) is 35.0 Å². The third kappa shape index (κ3) is 4.30. The number of nitrogens with zero attached hydrogens (tertiary/aromatic N) is 2. The van der Waals surface area contributed by atoms with Crippen LogP contribution in [0.25, 0.3) is 0 Å². The number of rotatable bonds is 7. The molecule has 2 fully saturated rings. The van der Waals surface area contributed by atoms with Crippen LogP contribution in [-0.2, 0) is 22.7 Å². The van der Waals surface area contributed by atoms with E-state index < -0.39 is 11.6 Å². The Bertz CT molecular complexity index is 851. The maximum Gasteiger partial charge on any atom is 0.325 e. The van der Waals surface area contributed by atoms with Gasteiger partial charge in [0.15, 0.2) is 0 Å². The third-order valence-corrected chi connectivity index (χ3v) is 8.00. The van der Waals surface area contributed by atoms with Gasteiger partial charge in [0.1, 0.15) is 12.1 Å². The van der Waals surface area contributed by atoms with Crippen LogP contribution in [0.2, 0.25) is 0 Å². The first-order chi connectivity index (χ1) is 14.5. The highest BCUT2D eigenvalue weighted by atomic mass is 32.1. The lowest BCUT2D eigenvalue weighted by molar-refractivity contribution is -0.140. The predicted molar refractivity (Wildman–Crippen MR) is 118 cm³/mol. The van der Waals surface area contributed by atoms with Gasteiger partial charge in [0.25, 0.3) is 5.91 Å². The van der Waals surface area contributed by atoms with Crippen LogP contribution in [-0.4, -0.2) is 39.7 Å². The molecule has 4 amide bonds. The highest BCUT2D eigenvalue weighted by Crippen LogP contribution is 2.37. The molecule has 0 bridgehead atoms. The standard InChI is InChI=1S/C22H27N3O3S2/c1-2-16-7-9-22(10-8-16)20(27)25(21(28)23-22)15-19(26)24(13-17-5-3-11-29-17)14-18-6-4-12-30-18/h3-6,11-12,16H,2,7-10,13-15H2,1H3,(H,23,28). The molecule has 160 valence electrons. The molecule has 30 heavy (non-hydrogen) atoms. The zero-order valence-electron chi connectivity index (χ0n) is 17.1. The maximum atomic E-state index is 13.2. The Morgan fingerprint density at radius 1 is 1.13 bits per heavy atom. The van der Waals surface area contributed by atoms with E-state index in [1.54, 1.807) is 27.6 Å². The number of nitrogens with one attached hydrogen (secondary N) is 1. The zero-order valence-corrected chi connectivity index (χ0v) is 18.8. The van der Waals surface area contributed by atoms with Gasteiger partial charge < -0.3 is 10.2 Å². The third-order valence-electron chi connectivity index (χ3n) is 6.28. The Morgan fingerprint density at radius 3 is 2.23 bits per heavy atom. The van der Waals surface area contributed by atoms with E-state index in [9.17, 15) is 14.4 Å². The van der Waals surface area contributed by atoms with Crippen LogP contribution in [0, 0.1) is 5.92 Å². The Hall–Kier alpha value is -2.19. The van der Waals surface area contributed by atoms with Gasteiger partial charge in [0, 0.05) is 9.75 Å². The number of imide groups is 1. The SMILES string of the molecule is CCC1CCC2(CC1)NC(=O)N(CC(=O)N(Cc1cccs1)Cc1cccs1)C2=O. The summed E-state index contributed by atoms with van der Waals surface area (Å²) in [5.74, 6) is 0.172. The molecule has 0 aromatic carbocycles. The number of carbonyl (C=O) groups excluding carboxylic acids is 3. The van der Waals surface area contributed by atoms with Gasteiger partial charge >= 0.3 is 6.03 Å². The molecule has 1 aliphatic carbocycles. The summed E-state index contributed by atoms with van der Waals surface area (Å²) in [6, 6.07) is 7.47. The fourth-order valence-electron chi connectivity index (χ4n) is 4.39. The lowest BCUT2D eigenvalue weighted by Gasteiger charge is -2.34. The molecular formula is C22H27N3O3S2. The van der Waals surface area contributed by atoms with Crippen molar-refractivity contribution in [2.24, 2.45) is 5.92 Å². The maximum absolute atomic E-state index is 13.2. The summed E-state index contributed by atoms with van der Waals surface area (Å²) in [4.78, 5) is 44.0. The molecule has 2 aromatic rings. The van der Waals surface area contributed by atoms with Crippen LogP contribution < -0.4 is 5.32 Å². The van der Waals surface area contributed by atoms with Crippen LogP contribution in [0.3, 0.4) is 0 Å². The topological polar surface area (TPSA) is 69.7 Å². The molecule has 1 aliphatic heterocycles. The average Bonchev–Trinajstić information content (AvgIpc) is 3.48. The van der Waals surface area contributed by atoms with E-state index in [0.717, 1.165) is 33.9 Å². The molecule has 2 aromatic heterocycles. The van der Waals surface area contributed by atoms with Gasteiger partial charge in [0.05, 0.1) is 13.1 Å². The molecule has 6 nitrogen and oxygen atoms in total. The van der Waals surface area contributed by atoms with Crippen LogP contribution in [0.15, 0.2) is 35.0 Å². The minimum absolute atomic E-state index is 0.208. The lowest BCUT2D eigenvalue weighted by atomic mass is 9.75. The average molecular weight is 446 g/mol. The van der Waals surface area contributed by atoms with Gasteiger partial charge in [-0.3, -0.25) is 14.5 Å². The van der Waals surface area contributed by atoms with Gasteiger partial charge in [-0.2, -0.15) is 0 Å². The van der Waals surface area contributed by atoms with Crippen molar-refractivity contribution in [1.29, 1.82) is 0 Å². The van der Waals surface area contributed by atoms with Gasteiger partial charge in [-0.05, 0) is 54.5 Å². The molecular weight excluding hydrogens is 418 g/mol. The van der Waals surface area contributed by atoms with Gasteiger partial charge in [-0.15, -0.1) is 22.7 Å². The van der Waals surface area contributed by atoms with Crippen molar-refractivity contribution < 1.29 is 14.4 Å². The van der Waals surface area contributed by atoms with Crippen molar-refractivity contribution in [3.8, 4) is 0 Å². The van der Waals surface area contributed by atoms with Crippen molar-refractivity contribution in [2.75, 3.05) is 6.54 Å². The number of hydrogen-bond acceptors (Lipinski definition) is 5. The molecule has 0 radical (unpaired) electrons. The summed E-state index contributed by atoms with van der Waals surface area (Å²) in [5.41, 5.74) is -0.810. The summed E-state index contributed by atoms with van der Waals surface area (Å²) in [6.45, 7) is 2.90. The zero-order chi connectivity index (χ0) is 21.1. The molecule has 2 aliphatic rings. The van der Waals surface area contributed by atoms with Crippen LogP contribution in [0.4, 0.5) is 4.79 Å². The largest absolute Gasteiger partial charge is 0.331 e. The smallest absolute Gasteiger partial charge is 0.325 e. The Morgan fingerprint density at radius 2 is 1.73 bits per heavy atom. The number of carbonyl (C=O) groups is 3. The number of hydrogen-bond donors (Lipinski definition) is 1. The van der Waals surface area contributed by atoms with Crippen LogP contribution in [0.5, 0.6) is 0 Å². The highest BCUT2D eigenvalue weighted by Gasteiger charge is 2.52. The molecule has 1 saturated carbocycles. The normalized spacial score (nSPS) is 23.8. The molecule has 1 saturated heterocycles. The predicted octanol–water partition coefficient (Wildman–Crippen LogP) is 4.23. The number of urea groups is 1. The summed E-state index contributed by atoms with van der Waals surface area (Å²) >= 11 is 3.19. The van der Waals surface area contributed by atoms with Gasteiger partial charge in [-0.1, -0.05) is 25.5 Å². The van der Waals surface area contributed by atoms with Crippen molar-refractivity contribution >= 4 is 40.5 Å². The molecule has 8 heteroatoms. The summed E-state index contributed by atoms with van der Waals surface area (Å²) in [6.07, 6.45) is 4.30. The summed E-state index contributed by atoms with van der Waals surface area (Å²) in [5, 5.41) is 6.89. The molecule has 3 heterocycles. The Kier molecular flexibility index (Phi) is 6.24. The second kappa shape index (κ2) is 8.89. The van der Waals surface area contributed by atoms with Crippen LogP contribution >= 0.6 is 22.7 Å². The minimum atomic E-state index is -0.810. The van der Waals surface area contributed by atoms with E-state index in [2.05, 4.69) is 12.2 Å². The summed E-state index contributed by atoms with van der Waals surface area (Å²) in [7, 11) is 0. The van der Waals surface area contributed by atoms with Crippen LogP contribution in [0.1, 0.15) is 48.8 Å². The molecule has 1 N–H and O–H groups in total. The minimum Gasteiger partial charge on any atom is -0.331 e. The fourth-order valence-corrected chi connectivity index (χ4v) is 5.83. The fraction of sp³-hybridized carbons (Fsp3) is 0.500. The molecule has 1 spiro atoms. The van der Waals surface area contributed by atoms with E-state index in [4.69, 9.17) is 0 Å². The Labute approximate surface area is 184 Å². The first kappa shape index (κ1) is 21.1. The van der Waals surface area contributed by atoms with Crippen molar-refractivity contribution in [3.63, 3.8) is 0 Å². The lowest BCUT2D eigenvalue weighted by Crippen LogP contribution is -2.50. The second-order valence-corrected chi connectivity index (χ2v) is 10.2.